The first-order valence-electron chi connectivity index (χ1n) is 8.90. The fraction of sp³-hybridized carbons (Fsp3) is 0.238. The number of carbonyl (C=O) groups excluding carboxylic acids is 1. The molecule has 1 aromatic heterocycles. The van der Waals surface area contributed by atoms with Gasteiger partial charge in [0.15, 0.2) is 17.3 Å². The summed E-state index contributed by atoms with van der Waals surface area (Å²) in [6.45, 7) is 4.58. The number of rotatable bonds is 7. The van der Waals surface area contributed by atoms with E-state index in [1.807, 2.05) is 44.2 Å². The number of anilines is 1. The largest absolute Gasteiger partial charge is 0.493 e. The number of para-hydroxylation sites is 1. The Balaban J connectivity index is 1.77. The Morgan fingerprint density at radius 1 is 1.21 bits per heavy atom. The van der Waals surface area contributed by atoms with Gasteiger partial charge < -0.3 is 14.8 Å². The SMILES string of the molecule is COc1cc(C(=O)Nc2ccn(-c3ccccc3)n2)cc(Cl)c1OCC(C)C. The van der Waals surface area contributed by atoms with Gasteiger partial charge in [-0.25, -0.2) is 4.68 Å². The van der Waals surface area contributed by atoms with Crippen molar-refractivity contribution >= 4 is 23.3 Å². The number of hydrogen-bond acceptors (Lipinski definition) is 4. The van der Waals surface area contributed by atoms with Crippen LogP contribution in [0, 0.1) is 5.92 Å². The molecule has 6 nitrogen and oxygen atoms in total. The highest BCUT2D eigenvalue weighted by atomic mass is 35.5. The molecule has 7 heteroatoms. The number of aromatic nitrogens is 2. The van der Waals surface area contributed by atoms with Crippen LogP contribution in [0.25, 0.3) is 5.69 Å². The van der Waals surface area contributed by atoms with Crippen molar-refractivity contribution in [3.05, 3.63) is 65.3 Å². The maximum atomic E-state index is 12.6. The van der Waals surface area contributed by atoms with Gasteiger partial charge in [0.1, 0.15) is 0 Å². The first-order chi connectivity index (χ1) is 13.5. The Bertz CT molecular complexity index is 955. The van der Waals surface area contributed by atoms with Gasteiger partial charge in [-0.1, -0.05) is 43.6 Å². The Labute approximate surface area is 169 Å². The number of methoxy groups -OCH3 is 1. The van der Waals surface area contributed by atoms with E-state index in [1.165, 1.54) is 7.11 Å². The van der Waals surface area contributed by atoms with Gasteiger partial charge in [0.05, 0.1) is 24.4 Å². The molecule has 146 valence electrons. The monoisotopic (exact) mass is 399 g/mol. The van der Waals surface area contributed by atoms with E-state index in [0.717, 1.165) is 5.69 Å². The molecule has 1 amide bonds. The zero-order valence-electron chi connectivity index (χ0n) is 16.0. The van der Waals surface area contributed by atoms with Crippen LogP contribution in [0.1, 0.15) is 24.2 Å². The third-order valence-electron chi connectivity index (χ3n) is 3.90. The highest BCUT2D eigenvalue weighted by molar-refractivity contribution is 6.32. The minimum atomic E-state index is -0.339. The summed E-state index contributed by atoms with van der Waals surface area (Å²) >= 11 is 6.32. The lowest BCUT2D eigenvalue weighted by molar-refractivity contribution is 0.102. The highest BCUT2D eigenvalue weighted by Crippen LogP contribution is 2.36. The fourth-order valence-corrected chi connectivity index (χ4v) is 2.81. The summed E-state index contributed by atoms with van der Waals surface area (Å²) < 4.78 is 12.8. The van der Waals surface area contributed by atoms with Crippen LogP contribution in [-0.2, 0) is 0 Å². The second kappa shape index (κ2) is 8.80. The van der Waals surface area contributed by atoms with Gasteiger partial charge in [0.2, 0.25) is 0 Å². The molecule has 0 bridgehead atoms. The molecular weight excluding hydrogens is 378 g/mol. The number of carbonyl (C=O) groups is 1. The average molecular weight is 400 g/mol. The first kappa shape index (κ1) is 19.8. The molecule has 28 heavy (non-hydrogen) atoms. The zero-order chi connectivity index (χ0) is 20.1. The number of nitrogens with zero attached hydrogens (tertiary/aromatic N) is 2. The number of halogens is 1. The summed E-state index contributed by atoms with van der Waals surface area (Å²) in [6.07, 6.45) is 1.78. The molecule has 0 aliphatic heterocycles. The Morgan fingerprint density at radius 3 is 2.64 bits per heavy atom. The summed E-state index contributed by atoms with van der Waals surface area (Å²) in [5, 5.41) is 7.46. The van der Waals surface area contributed by atoms with Crippen LogP contribution in [0.5, 0.6) is 11.5 Å². The molecule has 0 saturated carbocycles. The van der Waals surface area contributed by atoms with Crippen molar-refractivity contribution in [3.63, 3.8) is 0 Å². The normalized spacial score (nSPS) is 10.8. The predicted octanol–water partition coefficient (Wildman–Crippen LogP) is 4.82. The second-order valence-corrected chi connectivity index (χ2v) is 7.04. The van der Waals surface area contributed by atoms with Crippen LogP contribution < -0.4 is 14.8 Å². The molecule has 1 N–H and O–H groups in total. The number of hydrogen-bond donors (Lipinski definition) is 1. The first-order valence-corrected chi connectivity index (χ1v) is 9.28. The van der Waals surface area contributed by atoms with Gasteiger partial charge in [-0.15, -0.1) is 0 Å². The molecule has 0 unspecified atom stereocenters. The molecule has 0 fully saturated rings. The molecule has 2 aromatic carbocycles. The van der Waals surface area contributed by atoms with Gasteiger partial charge in [0, 0.05) is 17.8 Å². The van der Waals surface area contributed by atoms with Gasteiger partial charge >= 0.3 is 0 Å². The van der Waals surface area contributed by atoms with Crippen LogP contribution in [0.3, 0.4) is 0 Å². The van der Waals surface area contributed by atoms with E-state index < -0.39 is 0 Å². The van der Waals surface area contributed by atoms with E-state index in [1.54, 1.807) is 29.1 Å². The smallest absolute Gasteiger partial charge is 0.257 e. The van der Waals surface area contributed by atoms with Crippen LogP contribution in [0.2, 0.25) is 5.02 Å². The molecular formula is C21H22ClN3O3. The van der Waals surface area contributed by atoms with Crippen molar-refractivity contribution < 1.29 is 14.3 Å². The molecule has 0 aliphatic rings. The van der Waals surface area contributed by atoms with Crippen molar-refractivity contribution in [1.82, 2.24) is 9.78 Å². The Morgan fingerprint density at radius 2 is 1.96 bits per heavy atom. The summed E-state index contributed by atoms with van der Waals surface area (Å²) in [4.78, 5) is 12.6. The van der Waals surface area contributed by atoms with E-state index in [4.69, 9.17) is 21.1 Å². The van der Waals surface area contributed by atoms with Gasteiger partial charge in [0.25, 0.3) is 5.91 Å². The highest BCUT2D eigenvalue weighted by Gasteiger charge is 2.17. The number of amides is 1. The van der Waals surface area contributed by atoms with E-state index in [-0.39, 0.29) is 5.91 Å². The Kier molecular flexibility index (Phi) is 6.21. The predicted molar refractivity (Wildman–Crippen MR) is 110 cm³/mol. The van der Waals surface area contributed by atoms with Gasteiger partial charge in [-0.2, -0.15) is 5.10 Å². The van der Waals surface area contributed by atoms with Crippen LogP contribution in [-0.4, -0.2) is 29.4 Å². The number of ether oxygens (including phenoxy) is 2. The molecule has 3 rings (SSSR count). The van der Waals surface area contributed by atoms with Crippen molar-refractivity contribution in [1.29, 1.82) is 0 Å². The number of benzene rings is 2. The third kappa shape index (κ3) is 4.64. The van der Waals surface area contributed by atoms with E-state index in [2.05, 4.69) is 10.4 Å². The molecule has 0 saturated heterocycles. The minimum Gasteiger partial charge on any atom is -0.493 e. The van der Waals surface area contributed by atoms with E-state index in [0.29, 0.717) is 40.4 Å². The molecule has 0 spiro atoms. The van der Waals surface area contributed by atoms with Crippen molar-refractivity contribution in [2.75, 3.05) is 19.0 Å². The average Bonchev–Trinajstić information content (AvgIpc) is 3.15. The standard InChI is InChI=1S/C21H22ClN3O3/c1-14(2)13-28-20-17(22)11-15(12-18(20)27-3)21(26)23-19-9-10-25(24-19)16-7-5-4-6-8-16/h4-12,14H,13H2,1-3H3,(H,23,24,26). The minimum absolute atomic E-state index is 0.319. The zero-order valence-corrected chi connectivity index (χ0v) is 16.7. The maximum absolute atomic E-state index is 12.6. The quantitative estimate of drug-likeness (QED) is 0.618. The Hall–Kier alpha value is -2.99. The summed E-state index contributed by atoms with van der Waals surface area (Å²) in [5.41, 5.74) is 1.26. The topological polar surface area (TPSA) is 65.4 Å². The third-order valence-corrected chi connectivity index (χ3v) is 4.18. The summed E-state index contributed by atoms with van der Waals surface area (Å²) in [6, 6.07) is 14.5. The maximum Gasteiger partial charge on any atom is 0.257 e. The molecule has 3 aromatic rings. The van der Waals surface area contributed by atoms with Crippen LogP contribution >= 0.6 is 11.6 Å². The van der Waals surface area contributed by atoms with Crippen molar-refractivity contribution in [3.8, 4) is 17.2 Å². The molecule has 1 heterocycles. The molecule has 0 aliphatic carbocycles. The van der Waals surface area contributed by atoms with E-state index >= 15 is 0 Å². The van der Waals surface area contributed by atoms with Gasteiger partial charge in [-0.05, 0) is 30.2 Å². The lowest BCUT2D eigenvalue weighted by atomic mass is 10.2. The lowest BCUT2D eigenvalue weighted by Crippen LogP contribution is -2.13. The molecule has 0 atom stereocenters. The van der Waals surface area contributed by atoms with Crippen LogP contribution in [0.4, 0.5) is 5.82 Å². The lowest BCUT2D eigenvalue weighted by Gasteiger charge is -2.15. The fourth-order valence-electron chi connectivity index (χ4n) is 2.54. The van der Waals surface area contributed by atoms with Crippen molar-refractivity contribution in [2.45, 2.75) is 13.8 Å². The van der Waals surface area contributed by atoms with E-state index in [9.17, 15) is 4.79 Å². The second-order valence-electron chi connectivity index (χ2n) is 6.63. The van der Waals surface area contributed by atoms with Crippen molar-refractivity contribution in [2.24, 2.45) is 5.92 Å². The summed E-state index contributed by atoms with van der Waals surface area (Å²) in [7, 11) is 1.51. The number of nitrogens with one attached hydrogen (secondary N) is 1. The van der Waals surface area contributed by atoms with Gasteiger partial charge in [-0.3, -0.25) is 4.79 Å². The van der Waals surface area contributed by atoms with Crippen LogP contribution in [0.15, 0.2) is 54.7 Å². The molecule has 0 radical (unpaired) electrons. The summed E-state index contributed by atoms with van der Waals surface area (Å²) in [5.74, 6) is 1.28.